The smallest absolute Gasteiger partial charge is 0.179 e. The second kappa shape index (κ2) is 4.56. The summed E-state index contributed by atoms with van der Waals surface area (Å²) in [5, 5.41) is 0. The molecule has 1 aliphatic rings. The molecule has 2 aromatic rings. The molecular formula is C14H14F2N2S. The van der Waals surface area contributed by atoms with Gasteiger partial charge in [0.05, 0.1) is 0 Å². The molecular weight excluding hydrogens is 266 g/mol. The van der Waals surface area contributed by atoms with Crippen LogP contribution in [-0.4, -0.2) is 9.13 Å². The first-order valence-corrected chi connectivity index (χ1v) is 6.67. The lowest BCUT2D eigenvalue weighted by atomic mass is 9.87. The summed E-state index contributed by atoms with van der Waals surface area (Å²) in [6, 6.07) is 2.59. The molecule has 5 heteroatoms. The maximum atomic E-state index is 13.7. The lowest BCUT2D eigenvalue weighted by Gasteiger charge is -2.26. The van der Waals surface area contributed by atoms with Crippen molar-refractivity contribution in [3.63, 3.8) is 0 Å². The van der Waals surface area contributed by atoms with Crippen molar-refractivity contribution in [1.82, 2.24) is 9.13 Å². The molecule has 0 saturated heterocycles. The molecule has 1 atom stereocenters. The molecule has 19 heavy (non-hydrogen) atoms. The third-order valence-electron chi connectivity index (χ3n) is 3.80. The summed E-state index contributed by atoms with van der Waals surface area (Å²) < 4.78 is 31.6. The van der Waals surface area contributed by atoms with Crippen LogP contribution in [0.15, 0.2) is 24.5 Å². The summed E-state index contributed by atoms with van der Waals surface area (Å²) in [6.45, 7) is 0. The number of halogens is 2. The molecule has 1 aromatic heterocycles. The number of hydrogen-bond acceptors (Lipinski definition) is 1. The highest BCUT2D eigenvalue weighted by Crippen LogP contribution is 2.31. The van der Waals surface area contributed by atoms with Crippen LogP contribution in [0, 0.1) is 16.4 Å². The topological polar surface area (TPSA) is 9.86 Å². The van der Waals surface area contributed by atoms with Gasteiger partial charge in [-0.2, -0.15) is 0 Å². The standard InChI is InChI=1S/C14H14F2N2S/c1-17-4-5-18(14(17)19)11-2-3-12-9(7-11)6-10(15)8-13(12)16/h4-6,8,11H,2-3,7H2,1H3. The molecule has 0 spiro atoms. The Balaban J connectivity index is 1.98. The summed E-state index contributed by atoms with van der Waals surface area (Å²) in [4.78, 5) is 0. The molecule has 1 heterocycles. The molecule has 3 rings (SSSR count). The van der Waals surface area contributed by atoms with Crippen molar-refractivity contribution in [2.45, 2.75) is 25.3 Å². The third-order valence-corrected chi connectivity index (χ3v) is 4.30. The van der Waals surface area contributed by atoms with Gasteiger partial charge in [0.25, 0.3) is 0 Å². The number of nitrogens with zero attached hydrogens (tertiary/aromatic N) is 2. The van der Waals surface area contributed by atoms with Crippen molar-refractivity contribution in [3.05, 3.63) is 52.1 Å². The van der Waals surface area contributed by atoms with Gasteiger partial charge in [-0.3, -0.25) is 0 Å². The molecule has 0 radical (unpaired) electrons. The minimum atomic E-state index is -0.506. The minimum absolute atomic E-state index is 0.183. The number of benzene rings is 1. The van der Waals surface area contributed by atoms with E-state index in [9.17, 15) is 8.78 Å². The van der Waals surface area contributed by atoms with E-state index in [1.165, 1.54) is 6.07 Å². The summed E-state index contributed by atoms with van der Waals surface area (Å²) in [6.07, 6.45) is 5.93. The number of fused-ring (bicyclic) bond motifs is 1. The fraction of sp³-hybridized carbons (Fsp3) is 0.357. The van der Waals surface area contributed by atoms with Crippen LogP contribution in [0.25, 0.3) is 0 Å². The number of aryl methyl sites for hydroxylation is 1. The average molecular weight is 280 g/mol. The molecule has 0 bridgehead atoms. The molecule has 0 aliphatic heterocycles. The van der Waals surface area contributed by atoms with Crippen molar-refractivity contribution < 1.29 is 8.78 Å². The van der Waals surface area contributed by atoms with Crippen molar-refractivity contribution >= 4 is 12.2 Å². The molecule has 0 saturated carbocycles. The van der Waals surface area contributed by atoms with Crippen LogP contribution in [0.4, 0.5) is 8.78 Å². The van der Waals surface area contributed by atoms with Crippen LogP contribution in [0.3, 0.4) is 0 Å². The Morgan fingerprint density at radius 2 is 2.05 bits per heavy atom. The van der Waals surface area contributed by atoms with Gasteiger partial charge < -0.3 is 9.13 Å². The molecule has 1 aliphatic carbocycles. The SMILES string of the molecule is Cn1ccn(C2CCc3c(F)cc(F)cc3C2)c1=S. The molecule has 0 amide bonds. The second-order valence-electron chi connectivity index (χ2n) is 5.02. The van der Waals surface area contributed by atoms with Gasteiger partial charge >= 0.3 is 0 Å². The highest BCUT2D eigenvalue weighted by atomic mass is 32.1. The van der Waals surface area contributed by atoms with Crippen LogP contribution >= 0.6 is 12.2 Å². The zero-order chi connectivity index (χ0) is 13.6. The highest BCUT2D eigenvalue weighted by molar-refractivity contribution is 7.71. The van der Waals surface area contributed by atoms with Crippen LogP contribution in [-0.2, 0) is 19.9 Å². The van der Waals surface area contributed by atoms with Gasteiger partial charge in [0.15, 0.2) is 4.77 Å². The van der Waals surface area contributed by atoms with Gasteiger partial charge in [0, 0.05) is 31.5 Å². The Morgan fingerprint density at radius 3 is 2.74 bits per heavy atom. The Labute approximate surface area is 115 Å². The van der Waals surface area contributed by atoms with Crippen molar-refractivity contribution in [2.24, 2.45) is 7.05 Å². The van der Waals surface area contributed by atoms with E-state index >= 15 is 0 Å². The van der Waals surface area contributed by atoms with Crippen molar-refractivity contribution in [3.8, 4) is 0 Å². The largest absolute Gasteiger partial charge is 0.327 e. The van der Waals surface area contributed by atoms with Crippen LogP contribution in [0.5, 0.6) is 0 Å². The van der Waals surface area contributed by atoms with Crippen LogP contribution in [0.1, 0.15) is 23.6 Å². The lowest BCUT2D eigenvalue weighted by molar-refractivity contribution is 0.423. The third kappa shape index (κ3) is 2.12. The van der Waals surface area contributed by atoms with Gasteiger partial charge in [-0.1, -0.05) is 0 Å². The van der Waals surface area contributed by atoms with Crippen LogP contribution in [0.2, 0.25) is 0 Å². The van der Waals surface area contributed by atoms with E-state index in [1.54, 1.807) is 0 Å². The summed E-state index contributed by atoms with van der Waals surface area (Å²) >= 11 is 5.34. The van der Waals surface area contributed by atoms with E-state index in [-0.39, 0.29) is 6.04 Å². The van der Waals surface area contributed by atoms with Crippen molar-refractivity contribution in [1.29, 1.82) is 0 Å². The summed E-state index contributed by atoms with van der Waals surface area (Å²) in [5.41, 5.74) is 1.42. The van der Waals surface area contributed by atoms with E-state index in [4.69, 9.17) is 12.2 Å². The molecule has 1 aromatic carbocycles. The first-order chi connectivity index (χ1) is 9.06. The van der Waals surface area contributed by atoms with Crippen molar-refractivity contribution in [2.75, 3.05) is 0 Å². The number of hydrogen-bond donors (Lipinski definition) is 0. The first kappa shape index (κ1) is 12.5. The van der Waals surface area contributed by atoms with Gasteiger partial charge in [0.2, 0.25) is 0 Å². The first-order valence-electron chi connectivity index (χ1n) is 6.26. The van der Waals surface area contributed by atoms with Gasteiger partial charge in [-0.25, -0.2) is 8.78 Å². The Morgan fingerprint density at radius 1 is 1.26 bits per heavy atom. The minimum Gasteiger partial charge on any atom is -0.327 e. The summed E-state index contributed by atoms with van der Waals surface area (Å²) in [5.74, 6) is -0.932. The molecule has 0 fully saturated rings. The van der Waals surface area contributed by atoms with Crippen LogP contribution < -0.4 is 0 Å². The zero-order valence-corrected chi connectivity index (χ0v) is 11.4. The predicted octanol–water partition coefficient (Wildman–Crippen LogP) is 3.56. The molecule has 100 valence electrons. The fourth-order valence-corrected chi connectivity index (χ4v) is 3.05. The fourth-order valence-electron chi connectivity index (χ4n) is 2.78. The Kier molecular flexibility index (Phi) is 3.01. The maximum Gasteiger partial charge on any atom is 0.179 e. The number of rotatable bonds is 1. The molecule has 0 N–H and O–H groups in total. The predicted molar refractivity (Wildman–Crippen MR) is 71.7 cm³/mol. The van der Waals surface area contributed by atoms with Gasteiger partial charge in [-0.05, 0) is 48.7 Å². The normalized spacial score (nSPS) is 18.4. The quantitative estimate of drug-likeness (QED) is 0.726. The van der Waals surface area contributed by atoms with E-state index in [0.29, 0.717) is 18.4 Å². The second-order valence-corrected chi connectivity index (χ2v) is 5.39. The zero-order valence-electron chi connectivity index (χ0n) is 10.6. The van der Waals surface area contributed by atoms with E-state index in [1.807, 2.05) is 28.6 Å². The summed E-state index contributed by atoms with van der Waals surface area (Å²) in [7, 11) is 1.90. The van der Waals surface area contributed by atoms with Gasteiger partial charge in [-0.15, -0.1) is 0 Å². The lowest BCUT2D eigenvalue weighted by Crippen LogP contribution is -2.19. The maximum absolute atomic E-state index is 13.7. The monoisotopic (exact) mass is 280 g/mol. The molecule has 2 nitrogen and oxygen atoms in total. The van der Waals surface area contributed by atoms with E-state index < -0.39 is 11.6 Å². The average Bonchev–Trinajstić information content (AvgIpc) is 2.69. The Bertz CT molecular complexity index is 687. The van der Waals surface area contributed by atoms with E-state index in [2.05, 4.69) is 0 Å². The highest BCUT2D eigenvalue weighted by Gasteiger charge is 2.23. The number of imidazole rings is 1. The molecule has 1 unspecified atom stereocenters. The van der Waals surface area contributed by atoms with E-state index in [0.717, 1.165) is 22.8 Å². The number of aromatic nitrogens is 2. The Hall–Kier alpha value is -1.49. The van der Waals surface area contributed by atoms with Gasteiger partial charge in [0.1, 0.15) is 11.6 Å².